The SMILES string of the molecule is COO/C=N/CC1OC(OC2C(CO)OC(OC3C(O)C(N)CC(N)C3OC3OC(CO)C(O)C(O)C3N)C2O)C(N)C(O)C1O. The van der Waals surface area contributed by atoms with Crippen molar-refractivity contribution in [2.75, 3.05) is 26.9 Å². The molecule has 0 spiro atoms. The Morgan fingerprint density at radius 2 is 1.15 bits per heavy atom. The molecule has 21 heteroatoms. The highest BCUT2D eigenvalue weighted by Crippen LogP contribution is 2.34. The van der Waals surface area contributed by atoms with Crippen LogP contribution < -0.4 is 22.9 Å². The summed E-state index contributed by atoms with van der Waals surface area (Å²) in [5, 5.41) is 83.2. The van der Waals surface area contributed by atoms with Crippen LogP contribution in [0.3, 0.4) is 0 Å². The number of aliphatic imine (C=N–C) groups is 1. The first kappa shape index (κ1) is 37.5. The van der Waals surface area contributed by atoms with Crippen molar-refractivity contribution in [3.8, 4) is 0 Å². The van der Waals surface area contributed by atoms with E-state index >= 15 is 0 Å². The number of hydrogen-bond acceptors (Lipinski definition) is 21. The molecule has 19 unspecified atom stereocenters. The summed E-state index contributed by atoms with van der Waals surface area (Å²) in [5.41, 5.74) is 24.5. The molecule has 0 amide bonds. The Bertz CT molecular complexity index is 975. The topological polar surface area (TPSA) is 352 Å². The quantitative estimate of drug-likeness (QED) is 0.0396. The van der Waals surface area contributed by atoms with Gasteiger partial charge in [0.1, 0.15) is 67.1 Å². The highest BCUT2D eigenvalue weighted by Gasteiger charge is 2.54. The molecule has 3 heterocycles. The zero-order chi connectivity index (χ0) is 33.9. The number of nitrogens with zero attached hydrogens (tertiary/aromatic N) is 1. The van der Waals surface area contributed by atoms with Crippen LogP contribution in [0.2, 0.25) is 0 Å². The van der Waals surface area contributed by atoms with E-state index in [0.717, 1.165) is 6.40 Å². The first-order valence-corrected chi connectivity index (χ1v) is 14.8. The Labute approximate surface area is 263 Å². The van der Waals surface area contributed by atoms with Gasteiger partial charge in [-0.15, -0.1) is 0 Å². The van der Waals surface area contributed by atoms with Crippen LogP contribution in [0.25, 0.3) is 0 Å². The Morgan fingerprint density at radius 3 is 1.74 bits per heavy atom. The van der Waals surface area contributed by atoms with E-state index in [1.165, 1.54) is 7.11 Å². The number of rotatable bonds is 12. The molecule has 4 fully saturated rings. The first-order valence-electron chi connectivity index (χ1n) is 14.8. The summed E-state index contributed by atoms with van der Waals surface area (Å²) < 4.78 is 34.7. The van der Waals surface area contributed by atoms with Crippen LogP contribution in [0.5, 0.6) is 0 Å². The van der Waals surface area contributed by atoms with Gasteiger partial charge < -0.3 is 97.1 Å². The Hall–Kier alpha value is -1.29. The molecule has 46 heavy (non-hydrogen) atoms. The monoisotopic (exact) mass is 673 g/mol. The lowest BCUT2D eigenvalue weighted by Gasteiger charge is -2.47. The molecule has 1 aliphatic carbocycles. The minimum Gasteiger partial charge on any atom is -0.394 e. The molecule has 21 nitrogen and oxygen atoms in total. The van der Waals surface area contributed by atoms with E-state index in [-0.39, 0.29) is 13.0 Å². The van der Waals surface area contributed by atoms with Gasteiger partial charge in [-0.25, -0.2) is 0 Å². The second kappa shape index (κ2) is 16.4. The molecule has 1 saturated carbocycles. The third-order valence-electron chi connectivity index (χ3n) is 8.59. The van der Waals surface area contributed by atoms with Crippen LogP contribution in [0.4, 0.5) is 0 Å². The van der Waals surface area contributed by atoms with Gasteiger partial charge in [0.15, 0.2) is 18.9 Å². The predicted molar refractivity (Wildman–Crippen MR) is 149 cm³/mol. The van der Waals surface area contributed by atoms with Crippen LogP contribution in [0.15, 0.2) is 4.99 Å². The van der Waals surface area contributed by atoms with Crippen molar-refractivity contribution < 1.29 is 79.0 Å². The van der Waals surface area contributed by atoms with E-state index in [9.17, 15) is 40.9 Å². The highest BCUT2D eigenvalue weighted by atomic mass is 17.2. The molecule has 4 aliphatic rings. The third kappa shape index (κ3) is 7.94. The number of aliphatic hydroxyl groups is 8. The summed E-state index contributed by atoms with van der Waals surface area (Å²) in [6, 6.07) is -4.40. The average Bonchev–Trinajstić information content (AvgIpc) is 3.33. The van der Waals surface area contributed by atoms with E-state index in [4.69, 9.17) is 51.4 Å². The Balaban J connectivity index is 1.48. The van der Waals surface area contributed by atoms with E-state index in [2.05, 4.69) is 14.8 Å². The lowest BCUT2D eigenvalue weighted by atomic mass is 9.84. The van der Waals surface area contributed by atoms with Gasteiger partial charge >= 0.3 is 0 Å². The maximum absolute atomic E-state index is 11.2. The van der Waals surface area contributed by atoms with E-state index in [1.807, 2.05) is 0 Å². The third-order valence-corrected chi connectivity index (χ3v) is 8.59. The molecule has 19 atom stereocenters. The molecule has 4 rings (SSSR count). The molecule has 0 aromatic rings. The largest absolute Gasteiger partial charge is 0.394 e. The average molecular weight is 674 g/mol. The van der Waals surface area contributed by atoms with Crippen LogP contribution in [0.1, 0.15) is 6.42 Å². The molecule has 3 aliphatic heterocycles. The second-order valence-electron chi connectivity index (χ2n) is 11.7. The Kier molecular flexibility index (Phi) is 13.4. The smallest absolute Gasteiger partial charge is 0.214 e. The zero-order valence-electron chi connectivity index (χ0n) is 25.0. The van der Waals surface area contributed by atoms with Crippen LogP contribution in [0, 0.1) is 0 Å². The lowest BCUT2D eigenvalue weighted by Crippen LogP contribution is -2.68. The van der Waals surface area contributed by atoms with Crippen molar-refractivity contribution in [3.63, 3.8) is 0 Å². The summed E-state index contributed by atoms with van der Waals surface area (Å²) >= 11 is 0. The summed E-state index contributed by atoms with van der Waals surface area (Å²) in [6.07, 6.45) is -20.1. The fourth-order valence-corrected chi connectivity index (χ4v) is 5.88. The van der Waals surface area contributed by atoms with E-state index in [0.29, 0.717) is 0 Å². The zero-order valence-corrected chi connectivity index (χ0v) is 25.0. The molecule has 0 aromatic heterocycles. The van der Waals surface area contributed by atoms with Gasteiger partial charge in [0.2, 0.25) is 6.40 Å². The van der Waals surface area contributed by atoms with Crippen LogP contribution in [-0.4, -0.2) is 190 Å². The summed E-state index contributed by atoms with van der Waals surface area (Å²) in [6.45, 7) is -1.55. The lowest BCUT2D eigenvalue weighted by molar-refractivity contribution is -0.310. The van der Waals surface area contributed by atoms with Gasteiger partial charge in [-0.2, -0.15) is 4.89 Å². The summed E-state index contributed by atoms with van der Waals surface area (Å²) in [7, 11) is 1.25. The fraction of sp³-hybridized carbons (Fsp3) is 0.960. The summed E-state index contributed by atoms with van der Waals surface area (Å²) in [5.74, 6) is 0. The normalized spacial score (nSPS) is 50.2. The maximum atomic E-state index is 11.2. The Morgan fingerprint density at radius 1 is 0.630 bits per heavy atom. The van der Waals surface area contributed by atoms with Crippen molar-refractivity contribution >= 4 is 6.40 Å². The van der Waals surface area contributed by atoms with E-state index in [1.54, 1.807) is 0 Å². The molecular weight excluding hydrogens is 626 g/mol. The van der Waals surface area contributed by atoms with Gasteiger partial charge in [0.25, 0.3) is 0 Å². The van der Waals surface area contributed by atoms with Crippen molar-refractivity contribution in [3.05, 3.63) is 0 Å². The molecular formula is C25H47N5O16. The van der Waals surface area contributed by atoms with Crippen molar-refractivity contribution in [1.29, 1.82) is 0 Å². The van der Waals surface area contributed by atoms with E-state index < -0.39 is 129 Å². The summed E-state index contributed by atoms with van der Waals surface area (Å²) in [4.78, 5) is 12.8. The molecule has 3 saturated heterocycles. The standard InChI is InChI=1S/C25H47N5O16/c1-39-40-6-30-3-9-15(34)17(36)12(28)23(41-9)45-21-11(5-32)43-25(19(21)38)46-22-14(33)7(26)2-8(27)20(22)44-24-13(29)18(37)16(35)10(4-31)42-24/h6-25,31-38H,2-5,26-29H2,1H3/b30-6+. The van der Waals surface area contributed by atoms with Gasteiger partial charge in [-0.3, -0.25) is 4.99 Å². The maximum Gasteiger partial charge on any atom is 0.214 e. The van der Waals surface area contributed by atoms with Crippen LogP contribution >= 0.6 is 0 Å². The number of aliphatic hydroxyl groups excluding tert-OH is 8. The highest BCUT2D eigenvalue weighted by molar-refractivity contribution is 5.45. The number of hydrogen-bond donors (Lipinski definition) is 12. The van der Waals surface area contributed by atoms with Crippen molar-refractivity contribution in [1.82, 2.24) is 0 Å². The second-order valence-corrected chi connectivity index (χ2v) is 11.7. The molecule has 0 radical (unpaired) electrons. The van der Waals surface area contributed by atoms with Gasteiger partial charge in [-0.05, 0) is 6.42 Å². The molecule has 16 N–H and O–H groups in total. The number of ether oxygens (including phenoxy) is 6. The van der Waals surface area contributed by atoms with Crippen LogP contribution in [-0.2, 0) is 38.2 Å². The number of nitrogens with two attached hydrogens (primary N) is 4. The van der Waals surface area contributed by atoms with Gasteiger partial charge in [0.05, 0.1) is 45.1 Å². The molecule has 0 aromatic carbocycles. The first-order chi connectivity index (χ1) is 21.8. The van der Waals surface area contributed by atoms with Gasteiger partial charge in [-0.1, -0.05) is 0 Å². The fourth-order valence-electron chi connectivity index (χ4n) is 5.88. The van der Waals surface area contributed by atoms with Crippen molar-refractivity contribution in [2.24, 2.45) is 27.9 Å². The predicted octanol–water partition coefficient (Wildman–Crippen LogP) is -8.21. The minimum absolute atomic E-state index is 0.0508. The minimum atomic E-state index is -1.66. The molecule has 0 bridgehead atoms. The van der Waals surface area contributed by atoms with Crippen molar-refractivity contribution in [2.45, 2.75) is 123 Å². The molecule has 268 valence electrons. The van der Waals surface area contributed by atoms with Gasteiger partial charge in [0, 0.05) is 12.1 Å².